The van der Waals surface area contributed by atoms with Crippen LogP contribution in [0.15, 0.2) is 54.6 Å². The average Bonchev–Trinajstić information content (AvgIpc) is 2.78. The van der Waals surface area contributed by atoms with Crippen LogP contribution in [-0.4, -0.2) is 24.0 Å². The van der Waals surface area contributed by atoms with Crippen molar-refractivity contribution in [2.45, 2.75) is 44.9 Å². The number of nitrogens with one attached hydrogen (secondary N) is 2. The van der Waals surface area contributed by atoms with Gasteiger partial charge in [-0.05, 0) is 61.0 Å². The standard InChI is InChI=1S/C24H29N3O2S/c1-27(21-10-6-3-7-11-21)23(29)19-13-15-20(16-14-19)25-24(30)26-22(28)17-12-18-8-4-2-5-9-18/h3,6-7,10-11,13-16,18H,2,4-5,8-9,12,17H2,1H3,(H2,25,26,28,30). The summed E-state index contributed by atoms with van der Waals surface area (Å²) < 4.78 is 0. The second-order valence-electron chi connectivity index (χ2n) is 7.82. The molecule has 2 N–H and O–H groups in total. The molecule has 1 fully saturated rings. The molecule has 1 saturated carbocycles. The summed E-state index contributed by atoms with van der Waals surface area (Å²) in [5.74, 6) is 0.533. The number of nitrogens with zero attached hydrogens (tertiary/aromatic N) is 1. The van der Waals surface area contributed by atoms with Gasteiger partial charge in [0.25, 0.3) is 5.91 Å². The molecule has 0 radical (unpaired) electrons. The summed E-state index contributed by atoms with van der Waals surface area (Å²) in [5, 5.41) is 6.05. The van der Waals surface area contributed by atoms with E-state index < -0.39 is 0 Å². The van der Waals surface area contributed by atoms with Gasteiger partial charge in [0.2, 0.25) is 5.91 Å². The summed E-state index contributed by atoms with van der Waals surface area (Å²) in [4.78, 5) is 26.4. The van der Waals surface area contributed by atoms with Crippen LogP contribution in [0.2, 0.25) is 0 Å². The van der Waals surface area contributed by atoms with Gasteiger partial charge in [-0.1, -0.05) is 50.3 Å². The van der Waals surface area contributed by atoms with Crippen molar-refractivity contribution in [3.05, 3.63) is 60.2 Å². The Morgan fingerprint density at radius 2 is 1.67 bits per heavy atom. The van der Waals surface area contributed by atoms with E-state index >= 15 is 0 Å². The lowest BCUT2D eigenvalue weighted by Crippen LogP contribution is -2.34. The van der Waals surface area contributed by atoms with Crippen LogP contribution in [0, 0.1) is 5.92 Å². The van der Waals surface area contributed by atoms with Gasteiger partial charge in [-0.2, -0.15) is 0 Å². The van der Waals surface area contributed by atoms with Gasteiger partial charge in [0.05, 0.1) is 0 Å². The maximum atomic E-state index is 12.6. The zero-order chi connectivity index (χ0) is 21.3. The zero-order valence-electron chi connectivity index (χ0n) is 17.4. The summed E-state index contributed by atoms with van der Waals surface area (Å²) in [6.07, 6.45) is 7.80. The van der Waals surface area contributed by atoms with Gasteiger partial charge in [0, 0.05) is 30.4 Å². The topological polar surface area (TPSA) is 61.4 Å². The van der Waals surface area contributed by atoms with Crippen molar-refractivity contribution in [2.75, 3.05) is 17.3 Å². The minimum Gasteiger partial charge on any atom is -0.332 e. The maximum absolute atomic E-state index is 12.6. The van der Waals surface area contributed by atoms with Crippen LogP contribution in [0.3, 0.4) is 0 Å². The Bertz CT molecular complexity index is 862. The predicted octanol–water partition coefficient (Wildman–Crippen LogP) is 5.14. The van der Waals surface area contributed by atoms with Crippen molar-refractivity contribution < 1.29 is 9.59 Å². The van der Waals surface area contributed by atoms with E-state index in [1.54, 1.807) is 36.2 Å². The highest BCUT2D eigenvalue weighted by Gasteiger charge is 2.16. The van der Waals surface area contributed by atoms with E-state index in [0.29, 0.717) is 17.9 Å². The largest absolute Gasteiger partial charge is 0.332 e. The lowest BCUT2D eigenvalue weighted by Gasteiger charge is -2.21. The van der Waals surface area contributed by atoms with Crippen molar-refractivity contribution in [3.8, 4) is 0 Å². The molecule has 6 heteroatoms. The number of thiocarbonyl (C=S) groups is 1. The molecule has 2 aromatic rings. The molecule has 0 heterocycles. The van der Waals surface area contributed by atoms with Gasteiger partial charge in [0.1, 0.15) is 0 Å². The van der Waals surface area contributed by atoms with Crippen LogP contribution >= 0.6 is 12.2 Å². The normalized spacial score (nSPS) is 14.0. The number of rotatable bonds is 6. The van der Waals surface area contributed by atoms with E-state index in [-0.39, 0.29) is 16.9 Å². The first-order chi connectivity index (χ1) is 14.5. The Morgan fingerprint density at radius 1 is 1.00 bits per heavy atom. The third kappa shape index (κ3) is 6.39. The molecule has 0 aliphatic heterocycles. The lowest BCUT2D eigenvalue weighted by molar-refractivity contribution is -0.120. The molecular weight excluding hydrogens is 394 g/mol. The van der Waals surface area contributed by atoms with Crippen molar-refractivity contribution in [2.24, 2.45) is 5.92 Å². The SMILES string of the molecule is CN(C(=O)c1ccc(NC(=S)NC(=O)CCC2CCCCC2)cc1)c1ccccc1. The molecule has 30 heavy (non-hydrogen) atoms. The molecule has 1 aliphatic rings. The Labute approximate surface area is 183 Å². The van der Waals surface area contributed by atoms with Crippen LogP contribution in [0.25, 0.3) is 0 Å². The predicted molar refractivity (Wildman–Crippen MR) is 126 cm³/mol. The number of para-hydroxylation sites is 1. The molecule has 0 aromatic heterocycles. The van der Waals surface area contributed by atoms with Gasteiger partial charge in [-0.15, -0.1) is 0 Å². The molecule has 5 nitrogen and oxygen atoms in total. The molecule has 0 unspecified atom stereocenters. The fourth-order valence-electron chi connectivity index (χ4n) is 3.82. The first kappa shape index (κ1) is 22.0. The van der Waals surface area contributed by atoms with Gasteiger partial charge in [0.15, 0.2) is 5.11 Å². The molecule has 2 aromatic carbocycles. The fraction of sp³-hybridized carbons (Fsp3) is 0.375. The van der Waals surface area contributed by atoms with Crippen molar-refractivity contribution >= 4 is 40.5 Å². The van der Waals surface area contributed by atoms with Crippen molar-refractivity contribution in [1.82, 2.24) is 5.32 Å². The Balaban J connectivity index is 1.46. The van der Waals surface area contributed by atoms with Gasteiger partial charge < -0.3 is 15.5 Å². The molecule has 1 aliphatic carbocycles. The lowest BCUT2D eigenvalue weighted by atomic mass is 9.86. The van der Waals surface area contributed by atoms with Crippen LogP contribution in [0.5, 0.6) is 0 Å². The molecule has 0 spiro atoms. The summed E-state index contributed by atoms with van der Waals surface area (Å²) in [6, 6.07) is 16.6. The van der Waals surface area contributed by atoms with Gasteiger partial charge >= 0.3 is 0 Å². The first-order valence-electron chi connectivity index (χ1n) is 10.6. The highest BCUT2D eigenvalue weighted by molar-refractivity contribution is 7.80. The van der Waals surface area contributed by atoms with Crippen molar-refractivity contribution in [1.29, 1.82) is 0 Å². The average molecular weight is 424 g/mol. The number of amides is 2. The Hall–Kier alpha value is -2.73. The second-order valence-corrected chi connectivity index (χ2v) is 8.23. The monoisotopic (exact) mass is 423 g/mol. The Kier molecular flexibility index (Phi) is 7.97. The van der Waals surface area contributed by atoms with Crippen LogP contribution in [-0.2, 0) is 4.79 Å². The zero-order valence-corrected chi connectivity index (χ0v) is 18.2. The van der Waals surface area contributed by atoms with E-state index in [4.69, 9.17) is 12.2 Å². The van der Waals surface area contributed by atoms with Gasteiger partial charge in [-0.25, -0.2) is 0 Å². The number of anilines is 2. The minimum atomic E-state index is -0.0913. The quantitative estimate of drug-likeness (QED) is 0.632. The summed E-state index contributed by atoms with van der Waals surface area (Å²) in [7, 11) is 1.75. The Morgan fingerprint density at radius 3 is 2.33 bits per heavy atom. The molecule has 158 valence electrons. The minimum absolute atomic E-state index is 0.0469. The number of hydrogen-bond donors (Lipinski definition) is 2. The number of carbonyl (C=O) groups is 2. The van der Waals surface area contributed by atoms with Crippen LogP contribution in [0.4, 0.5) is 11.4 Å². The smallest absolute Gasteiger partial charge is 0.258 e. The van der Waals surface area contributed by atoms with E-state index in [0.717, 1.165) is 17.8 Å². The van der Waals surface area contributed by atoms with E-state index in [2.05, 4.69) is 10.6 Å². The van der Waals surface area contributed by atoms with Crippen molar-refractivity contribution in [3.63, 3.8) is 0 Å². The van der Waals surface area contributed by atoms with Crippen LogP contribution in [0.1, 0.15) is 55.3 Å². The molecular formula is C24H29N3O2S. The second kappa shape index (κ2) is 10.9. The number of benzene rings is 2. The van der Waals surface area contributed by atoms with Crippen LogP contribution < -0.4 is 15.5 Å². The highest BCUT2D eigenvalue weighted by atomic mass is 32.1. The third-order valence-corrected chi connectivity index (χ3v) is 5.80. The number of carbonyl (C=O) groups excluding carboxylic acids is 2. The van der Waals surface area contributed by atoms with E-state index in [9.17, 15) is 9.59 Å². The summed E-state index contributed by atoms with van der Waals surface area (Å²) >= 11 is 5.25. The summed E-state index contributed by atoms with van der Waals surface area (Å²) in [6.45, 7) is 0. The van der Waals surface area contributed by atoms with E-state index in [1.165, 1.54) is 32.1 Å². The fourth-order valence-corrected chi connectivity index (χ4v) is 4.05. The van der Waals surface area contributed by atoms with E-state index in [1.807, 2.05) is 30.3 Å². The molecule has 0 bridgehead atoms. The summed E-state index contributed by atoms with van der Waals surface area (Å²) in [5.41, 5.74) is 2.14. The highest BCUT2D eigenvalue weighted by Crippen LogP contribution is 2.27. The first-order valence-corrected chi connectivity index (χ1v) is 11.0. The maximum Gasteiger partial charge on any atom is 0.258 e. The molecule has 0 atom stereocenters. The number of hydrogen-bond acceptors (Lipinski definition) is 3. The third-order valence-electron chi connectivity index (χ3n) is 5.60. The molecule has 2 amide bonds. The molecule has 3 rings (SSSR count). The van der Waals surface area contributed by atoms with Gasteiger partial charge in [-0.3, -0.25) is 9.59 Å². The molecule has 0 saturated heterocycles.